The molecule has 0 aliphatic heterocycles. The maximum Gasteiger partial charge on any atom is 0.265 e. The average Bonchev–Trinajstić information content (AvgIpc) is 2.60. The molecule has 1 unspecified atom stereocenters. The molecular weight excluding hydrogens is 342 g/mol. The zero-order valence-electron chi connectivity index (χ0n) is 14.7. The molecule has 26 heavy (non-hydrogen) atoms. The number of hydrogen-bond donors (Lipinski definition) is 2. The Morgan fingerprint density at radius 3 is 2.50 bits per heavy atom. The lowest BCUT2D eigenvalue weighted by Gasteiger charge is -2.16. The van der Waals surface area contributed by atoms with E-state index in [1.807, 2.05) is 6.92 Å². The summed E-state index contributed by atoms with van der Waals surface area (Å²) in [5, 5.41) is 5.37. The molecule has 2 rings (SSSR count). The highest BCUT2D eigenvalue weighted by molar-refractivity contribution is 5.98. The number of amides is 2. The summed E-state index contributed by atoms with van der Waals surface area (Å²) in [5.41, 5.74) is 1.66. The number of hydrogen-bond acceptors (Lipinski definition) is 3. The van der Waals surface area contributed by atoms with E-state index in [0.29, 0.717) is 17.8 Å². The first-order valence-electron chi connectivity index (χ1n) is 8.13. The molecule has 0 radical (unpaired) electrons. The molecule has 0 spiro atoms. The average molecular weight is 362 g/mol. The molecule has 0 aliphatic rings. The molecule has 5 nitrogen and oxygen atoms in total. The fourth-order valence-corrected chi connectivity index (χ4v) is 2.20. The lowest BCUT2D eigenvalue weighted by Crippen LogP contribution is -2.30. The van der Waals surface area contributed by atoms with Crippen molar-refractivity contribution in [1.82, 2.24) is 5.32 Å². The normalized spacial score (nSPS) is 11.6. The zero-order valence-corrected chi connectivity index (χ0v) is 14.7. The molecule has 7 heteroatoms. The van der Waals surface area contributed by atoms with Crippen molar-refractivity contribution in [1.29, 1.82) is 0 Å². The van der Waals surface area contributed by atoms with E-state index in [9.17, 15) is 18.4 Å². The quantitative estimate of drug-likeness (QED) is 0.827. The van der Waals surface area contributed by atoms with Crippen LogP contribution in [0.25, 0.3) is 0 Å². The minimum Gasteiger partial charge on any atom is -0.481 e. The van der Waals surface area contributed by atoms with Crippen LogP contribution in [0, 0.1) is 18.6 Å². The molecule has 0 saturated carbocycles. The van der Waals surface area contributed by atoms with Gasteiger partial charge in [0.15, 0.2) is 17.7 Å². The number of rotatable bonds is 6. The number of halogens is 2. The van der Waals surface area contributed by atoms with Gasteiger partial charge in [-0.15, -0.1) is 0 Å². The molecule has 1 atom stereocenters. The Morgan fingerprint density at radius 2 is 1.85 bits per heavy atom. The van der Waals surface area contributed by atoms with Gasteiger partial charge in [-0.2, -0.15) is 0 Å². The molecule has 2 aromatic carbocycles. The Morgan fingerprint density at radius 1 is 1.12 bits per heavy atom. The van der Waals surface area contributed by atoms with Crippen molar-refractivity contribution in [3.05, 3.63) is 59.2 Å². The minimum atomic E-state index is -1.06. The number of carbonyl (C=O) groups excluding carboxylic acids is 2. The second kappa shape index (κ2) is 8.42. The van der Waals surface area contributed by atoms with E-state index in [-0.39, 0.29) is 11.7 Å². The van der Waals surface area contributed by atoms with Crippen molar-refractivity contribution in [2.75, 3.05) is 11.9 Å². The fraction of sp³-hybridized carbons (Fsp3) is 0.263. The van der Waals surface area contributed by atoms with E-state index >= 15 is 0 Å². The molecule has 0 bridgehead atoms. The summed E-state index contributed by atoms with van der Waals surface area (Å²) >= 11 is 0. The summed E-state index contributed by atoms with van der Waals surface area (Å²) < 4.78 is 31.5. The SMILES string of the molecule is CCNC(=O)c1ccc(C)c(NC(=O)C(C)Oc2ccc(F)c(F)c2)c1. The molecule has 0 saturated heterocycles. The van der Waals surface area contributed by atoms with Crippen molar-refractivity contribution in [3.8, 4) is 5.75 Å². The van der Waals surface area contributed by atoms with Crippen molar-refractivity contribution >= 4 is 17.5 Å². The second-order valence-corrected chi connectivity index (χ2v) is 5.71. The highest BCUT2D eigenvalue weighted by Crippen LogP contribution is 2.20. The predicted octanol–water partition coefficient (Wildman–Crippen LogP) is 3.43. The van der Waals surface area contributed by atoms with Crippen molar-refractivity contribution < 1.29 is 23.1 Å². The molecule has 0 heterocycles. The highest BCUT2D eigenvalue weighted by atomic mass is 19.2. The van der Waals surface area contributed by atoms with Crippen LogP contribution in [0.5, 0.6) is 5.75 Å². The van der Waals surface area contributed by atoms with Crippen LogP contribution >= 0.6 is 0 Å². The van der Waals surface area contributed by atoms with Crippen molar-refractivity contribution in [2.45, 2.75) is 26.9 Å². The molecule has 138 valence electrons. The summed E-state index contributed by atoms with van der Waals surface area (Å²) in [4.78, 5) is 24.2. The second-order valence-electron chi connectivity index (χ2n) is 5.71. The lowest BCUT2D eigenvalue weighted by molar-refractivity contribution is -0.122. The van der Waals surface area contributed by atoms with Gasteiger partial charge in [-0.3, -0.25) is 9.59 Å². The Balaban J connectivity index is 2.09. The third kappa shape index (κ3) is 4.78. The van der Waals surface area contributed by atoms with Gasteiger partial charge in [0.2, 0.25) is 0 Å². The molecule has 2 amide bonds. The summed E-state index contributed by atoms with van der Waals surface area (Å²) in [6, 6.07) is 8.00. The van der Waals surface area contributed by atoms with Gasteiger partial charge in [0.05, 0.1) is 0 Å². The lowest BCUT2D eigenvalue weighted by atomic mass is 10.1. The topological polar surface area (TPSA) is 67.4 Å². The van der Waals surface area contributed by atoms with Crippen LogP contribution < -0.4 is 15.4 Å². The third-order valence-corrected chi connectivity index (χ3v) is 3.67. The van der Waals surface area contributed by atoms with Gasteiger partial charge in [-0.05, 0) is 50.6 Å². The maximum absolute atomic E-state index is 13.2. The van der Waals surface area contributed by atoms with E-state index in [2.05, 4.69) is 10.6 Å². The van der Waals surface area contributed by atoms with E-state index in [0.717, 1.165) is 17.7 Å². The summed E-state index contributed by atoms with van der Waals surface area (Å²) in [6.45, 7) is 5.58. The molecule has 0 aromatic heterocycles. The van der Waals surface area contributed by atoms with Gasteiger partial charge < -0.3 is 15.4 Å². The number of aryl methyl sites for hydroxylation is 1. The maximum atomic E-state index is 13.2. The van der Waals surface area contributed by atoms with Gasteiger partial charge in [0, 0.05) is 23.9 Å². The van der Waals surface area contributed by atoms with E-state index in [4.69, 9.17) is 4.74 Å². The van der Waals surface area contributed by atoms with Gasteiger partial charge in [-0.25, -0.2) is 8.78 Å². The predicted molar refractivity (Wildman–Crippen MR) is 94.3 cm³/mol. The number of ether oxygens (including phenoxy) is 1. The van der Waals surface area contributed by atoms with Crippen molar-refractivity contribution in [3.63, 3.8) is 0 Å². The number of nitrogens with one attached hydrogen (secondary N) is 2. The van der Waals surface area contributed by atoms with Crippen LogP contribution in [0.4, 0.5) is 14.5 Å². The van der Waals surface area contributed by atoms with Gasteiger partial charge in [0.25, 0.3) is 11.8 Å². The van der Waals surface area contributed by atoms with Crippen LogP contribution in [0.15, 0.2) is 36.4 Å². The number of carbonyl (C=O) groups is 2. The van der Waals surface area contributed by atoms with Crippen LogP contribution in [-0.2, 0) is 4.79 Å². The van der Waals surface area contributed by atoms with Crippen LogP contribution in [0.3, 0.4) is 0 Å². The molecular formula is C19H20F2N2O3. The Bertz CT molecular complexity index is 824. The molecule has 2 aromatic rings. The van der Waals surface area contributed by atoms with Crippen LogP contribution in [-0.4, -0.2) is 24.5 Å². The molecule has 0 aliphatic carbocycles. The first-order chi connectivity index (χ1) is 12.3. The molecule has 2 N–H and O–H groups in total. The number of anilines is 1. The number of benzene rings is 2. The monoisotopic (exact) mass is 362 g/mol. The Labute approximate surface area is 150 Å². The van der Waals surface area contributed by atoms with E-state index in [1.54, 1.807) is 25.1 Å². The van der Waals surface area contributed by atoms with E-state index < -0.39 is 23.6 Å². The van der Waals surface area contributed by atoms with E-state index in [1.165, 1.54) is 13.0 Å². The van der Waals surface area contributed by atoms with Gasteiger partial charge in [-0.1, -0.05) is 6.07 Å². The highest BCUT2D eigenvalue weighted by Gasteiger charge is 2.17. The van der Waals surface area contributed by atoms with Crippen LogP contribution in [0.2, 0.25) is 0 Å². The Hall–Kier alpha value is -2.96. The Kier molecular flexibility index (Phi) is 6.27. The van der Waals surface area contributed by atoms with Gasteiger partial charge >= 0.3 is 0 Å². The standard InChI is InChI=1S/C19H20F2N2O3/c1-4-22-19(25)13-6-5-11(2)17(9-13)23-18(24)12(3)26-14-7-8-15(20)16(21)10-14/h5-10,12H,4H2,1-3H3,(H,22,25)(H,23,24). The largest absolute Gasteiger partial charge is 0.481 e. The fourth-order valence-electron chi connectivity index (χ4n) is 2.20. The van der Waals surface area contributed by atoms with Gasteiger partial charge in [0.1, 0.15) is 5.75 Å². The summed E-state index contributed by atoms with van der Waals surface area (Å²) in [6.07, 6.45) is -0.951. The summed E-state index contributed by atoms with van der Waals surface area (Å²) in [7, 11) is 0. The first kappa shape index (κ1) is 19.4. The molecule has 0 fully saturated rings. The third-order valence-electron chi connectivity index (χ3n) is 3.67. The van der Waals surface area contributed by atoms with Crippen LogP contribution in [0.1, 0.15) is 29.8 Å². The first-order valence-corrected chi connectivity index (χ1v) is 8.13. The smallest absolute Gasteiger partial charge is 0.265 e. The minimum absolute atomic E-state index is 0.0411. The van der Waals surface area contributed by atoms with Crippen molar-refractivity contribution in [2.24, 2.45) is 0 Å². The summed E-state index contributed by atoms with van der Waals surface area (Å²) in [5.74, 6) is -2.73. The zero-order chi connectivity index (χ0) is 19.3.